The van der Waals surface area contributed by atoms with Crippen LogP contribution in [0.25, 0.3) is 0 Å². The second-order valence-electron chi connectivity index (χ2n) is 7.33. The third kappa shape index (κ3) is 6.01. The number of benzene rings is 2. The Balaban J connectivity index is 2.21. The van der Waals surface area contributed by atoms with E-state index < -0.39 is 23.3 Å². The highest BCUT2D eigenvalue weighted by atomic mass is 16.7. The lowest BCUT2D eigenvalue weighted by Gasteiger charge is -2.28. The molecule has 0 aliphatic heterocycles. The molecule has 2 N–H and O–H groups in total. The first-order chi connectivity index (χ1) is 12.2. The van der Waals surface area contributed by atoms with Gasteiger partial charge in [-0.3, -0.25) is 0 Å². The van der Waals surface area contributed by atoms with E-state index in [4.69, 9.17) is 15.2 Å². The van der Waals surface area contributed by atoms with Crippen molar-refractivity contribution in [1.29, 1.82) is 0 Å². The maximum absolute atomic E-state index is 12.7. The first-order valence-electron chi connectivity index (χ1n) is 8.50. The van der Waals surface area contributed by atoms with Crippen LogP contribution in [-0.4, -0.2) is 23.3 Å². The molecule has 5 heteroatoms. The topological polar surface area (TPSA) is 78.6 Å². The number of ether oxygens (including phenoxy) is 2. The largest absolute Gasteiger partial charge is 0.516 e. The highest BCUT2D eigenvalue weighted by Crippen LogP contribution is 2.20. The van der Waals surface area contributed by atoms with Crippen LogP contribution in [0.4, 0.5) is 4.79 Å². The van der Waals surface area contributed by atoms with Crippen molar-refractivity contribution in [2.75, 3.05) is 0 Å². The van der Waals surface area contributed by atoms with Gasteiger partial charge in [0.1, 0.15) is 11.1 Å². The molecule has 2 aromatic rings. The maximum atomic E-state index is 12.7. The Morgan fingerprint density at radius 2 is 1.27 bits per heavy atom. The molecule has 2 rings (SSSR count). The fourth-order valence-electron chi connectivity index (χ4n) is 2.58. The standard InChI is InChI=1S/C21H25NO4/c1-20(2,3)26-19(24)25-18(23)21(22,14-16-10-6-4-7-11-16)15-17-12-8-5-9-13-17/h4-13H,14-15,22H2,1-3H3. The van der Waals surface area contributed by atoms with Gasteiger partial charge < -0.3 is 15.2 Å². The van der Waals surface area contributed by atoms with Gasteiger partial charge in [0.05, 0.1) is 0 Å². The average molecular weight is 355 g/mol. The van der Waals surface area contributed by atoms with E-state index in [-0.39, 0.29) is 12.8 Å². The Kier molecular flexibility index (Phi) is 6.16. The fraction of sp³-hybridized carbons (Fsp3) is 0.333. The quantitative estimate of drug-likeness (QED) is 0.654. The molecule has 0 saturated carbocycles. The fourth-order valence-corrected chi connectivity index (χ4v) is 2.58. The summed E-state index contributed by atoms with van der Waals surface area (Å²) in [6.45, 7) is 5.09. The Bertz CT molecular complexity index is 694. The van der Waals surface area contributed by atoms with Crippen LogP contribution in [0.5, 0.6) is 0 Å². The second kappa shape index (κ2) is 8.15. The molecule has 0 unspecified atom stereocenters. The molecule has 0 fully saturated rings. The molecule has 5 nitrogen and oxygen atoms in total. The lowest BCUT2D eigenvalue weighted by molar-refractivity contribution is -0.147. The van der Waals surface area contributed by atoms with E-state index >= 15 is 0 Å². The van der Waals surface area contributed by atoms with Crippen molar-refractivity contribution in [2.24, 2.45) is 5.73 Å². The third-order valence-corrected chi connectivity index (χ3v) is 3.70. The molecule has 0 aliphatic rings. The number of rotatable bonds is 5. The summed E-state index contributed by atoms with van der Waals surface area (Å²) in [4.78, 5) is 24.6. The van der Waals surface area contributed by atoms with E-state index in [9.17, 15) is 9.59 Å². The number of hydrogen-bond donors (Lipinski definition) is 1. The number of esters is 1. The molecule has 0 aromatic heterocycles. The summed E-state index contributed by atoms with van der Waals surface area (Å²) >= 11 is 0. The smallest absolute Gasteiger partial charge is 0.428 e. The highest BCUT2D eigenvalue weighted by molar-refractivity contribution is 5.89. The monoisotopic (exact) mass is 355 g/mol. The average Bonchev–Trinajstić information content (AvgIpc) is 2.54. The van der Waals surface area contributed by atoms with Crippen molar-refractivity contribution in [3.05, 3.63) is 71.8 Å². The minimum absolute atomic E-state index is 0.240. The Labute approximate surface area is 154 Å². The zero-order chi connectivity index (χ0) is 19.2. The molecule has 138 valence electrons. The van der Waals surface area contributed by atoms with Crippen LogP contribution < -0.4 is 5.73 Å². The zero-order valence-corrected chi connectivity index (χ0v) is 15.4. The summed E-state index contributed by atoms with van der Waals surface area (Å²) in [7, 11) is 0. The van der Waals surface area contributed by atoms with Crippen LogP contribution in [0.3, 0.4) is 0 Å². The normalized spacial score (nSPS) is 11.7. The van der Waals surface area contributed by atoms with Gasteiger partial charge in [-0.15, -0.1) is 0 Å². The van der Waals surface area contributed by atoms with Crippen molar-refractivity contribution >= 4 is 12.1 Å². The van der Waals surface area contributed by atoms with Gasteiger partial charge in [-0.05, 0) is 31.9 Å². The minimum Gasteiger partial charge on any atom is -0.428 e. The van der Waals surface area contributed by atoms with Crippen LogP contribution in [0.15, 0.2) is 60.7 Å². The minimum atomic E-state index is -1.39. The molecule has 0 atom stereocenters. The van der Waals surface area contributed by atoms with Crippen LogP contribution in [0.2, 0.25) is 0 Å². The molecule has 0 saturated heterocycles. The van der Waals surface area contributed by atoms with E-state index in [1.807, 2.05) is 60.7 Å². The molecule has 0 spiro atoms. The lowest BCUT2D eigenvalue weighted by Crippen LogP contribution is -2.53. The van der Waals surface area contributed by atoms with E-state index in [2.05, 4.69) is 0 Å². The van der Waals surface area contributed by atoms with Crippen molar-refractivity contribution in [3.8, 4) is 0 Å². The van der Waals surface area contributed by atoms with Crippen LogP contribution in [0.1, 0.15) is 31.9 Å². The Morgan fingerprint density at radius 1 is 0.846 bits per heavy atom. The number of hydrogen-bond acceptors (Lipinski definition) is 5. The lowest BCUT2D eigenvalue weighted by atomic mass is 9.85. The van der Waals surface area contributed by atoms with Gasteiger partial charge in [-0.25, -0.2) is 9.59 Å². The molecule has 0 bridgehead atoms. The highest BCUT2D eigenvalue weighted by Gasteiger charge is 2.38. The predicted octanol–water partition coefficient (Wildman–Crippen LogP) is 3.65. The molecule has 26 heavy (non-hydrogen) atoms. The van der Waals surface area contributed by atoms with Crippen molar-refractivity contribution in [1.82, 2.24) is 0 Å². The van der Waals surface area contributed by atoms with Crippen LogP contribution in [0, 0.1) is 0 Å². The maximum Gasteiger partial charge on any atom is 0.516 e. The molecule has 0 radical (unpaired) electrons. The van der Waals surface area contributed by atoms with E-state index in [0.29, 0.717) is 0 Å². The van der Waals surface area contributed by atoms with Gasteiger partial charge in [0.2, 0.25) is 0 Å². The first kappa shape index (κ1) is 19.7. The Hall–Kier alpha value is -2.66. The molecule has 0 amide bonds. The summed E-state index contributed by atoms with van der Waals surface area (Å²) in [5.74, 6) is -0.806. The third-order valence-electron chi connectivity index (χ3n) is 3.70. The number of carbonyl (C=O) groups excluding carboxylic acids is 2. The van der Waals surface area contributed by atoms with Crippen molar-refractivity contribution in [3.63, 3.8) is 0 Å². The number of carbonyl (C=O) groups is 2. The van der Waals surface area contributed by atoms with E-state index in [1.54, 1.807) is 20.8 Å². The molecular formula is C21H25NO4. The Morgan fingerprint density at radius 3 is 1.65 bits per heavy atom. The van der Waals surface area contributed by atoms with Gasteiger partial charge >= 0.3 is 12.1 Å². The van der Waals surface area contributed by atoms with Crippen LogP contribution >= 0.6 is 0 Å². The molecule has 0 heterocycles. The summed E-state index contributed by atoms with van der Waals surface area (Å²) in [5.41, 5.74) is 6.05. The zero-order valence-electron chi connectivity index (χ0n) is 15.4. The number of nitrogens with two attached hydrogens (primary N) is 1. The van der Waals surface area contributed by atoms with Gasteiger partial charge in [0, 0.05) is 12.8 Å². The SMILES string of the molecule is CC(C)(C)OC(=O)OC(=O)C(N)(Cc1ccccc1)Cc1ccccc1. The van der Waals surface area contributed by atoms with Gasteiger partial charge in [-0.1, -0.05) is 60.7 Å². The van der Waals surface area contributed by atoms with Crippen LogP contribution in [-0.2, 0) is 27.1 Å². The van der Waals surface area contributed by atoms with Gasteiger partial charge in [-0.2, -0.15) is 0 Å². The van der Waals surface area contributed by atoms with E-state index in [1.165, 1.54) is 0 Å². The summed E-state index contributed by atoms with van der Waals surface area (Å²) in [6, 6.07) is 18.8. The second-order valence-corrected chi connectivity index (χ2v) is 7.33. The summed E-state index contributed by atoms with van der Waals surface area (Å²) in [6.07, 6.45) is -0.562. The van der Waals surface area contributed by atoms with Crippen molar-refractivity contribution < 1.29 is 19.1 Å². The van der Waals surface area contributed by atoms with Gasteiger partial charge in [0.15, 0.2) is 0 Å². The predicted molar refractivity (Wildman–Crippen MR) is 99.5 cm³/mol. The molecule has 2 aromatic carbocycles. The van der Waals surface area contributed by atoms with Crippen molar-refractivity contribution in [2.45, 2.75) is 44.8 Å². The molecular weight excluding hydrogens is 330 g/mol. The van der Waals surface area contributed by atoms with Gasteiger partial charge in [0.25, 0.3) is 0 Å². The summed E-state index contributed by atoms with van der Waals surface area (Å²) in [5, 5.41) is 0. The first-order valence-corrected chi connectivity index (χ1v) is 8.50. The van der Waals surface area contributed by atoms with E-state index in [0.717, 1.165) is 11.1 Å². The molecule has 0 aliphatic carbocycles. The summed E-state index contributed by atoms with van der Waals surface area (Å²) < 4.78 is 9.98.